The van der Waals surface area contributed by atoms with Crippen LogP contribution in [0.25, 0.3) is 0 Å². The summed E-state index contributed by atoms with van der Waals surface area (Å²) in [4.78, 5) is 15.1. The molecule has 0 amide bonds. The van der Waals surface area contributed by atoms with Crippen molar-refractivity contribution in [1.29, 1.82) is 0 Å². The van der Waals surface area contributed by atoms with E-state index in [4.69, 9.17) is 5.11 Å². The van der Waals surface area contributed by atoms with Gasteiger partial charge in [0, 0.05) is 25.7 Å². The Balaban J connectivity index is 2.38. The molecule has 0 bridgehead atoms. The maximum absolute atomic E-state index is 10.6. The molecule has 1 fully saturated rings. The summed E-state index contributed by atoms with van der Waals surface area (Å²) in [7, 11) is 0. The molecule has 0 radical (unpaired) electrons. The molecule has 1 unspecified atom stereocenters. The fourth-order valence-corrected chi connectivity index (χ4v) is 2.04. The molecule has 1 rings (SSSR count). The second-order valence-electron chi connectivity index (χ2n) is 4.32. The molecule has 4 heteroatoms. The van der Waals surface area contributed by atoms with Crippen molar-refractivity contribution in [2.45, 2.75) is 32.7 Å². The summed E-state index contributed by atoms with van der Waals surface area (Å²) in [5, 5.41) is 8.72. The van der Waals surface area contributed by atoms with Crippen molar-refractivity contribution in [1.82, 2.24) is 9.80 Å². The normalized spacial score (nSPS) is 22.3. The van der Waals surface area contributed by atoms with Gasteiger partial charge in [0.05, 0.1) is 6.54 Å². The summed E-state index contributed by atoms with van der Waals surface area (Å²) in [6, 6.07) is 0.620. The van der Waals surface area contributed by atoms with E-state index < -0.39 is 5.97 Å². The SMILES string of the molecule is CCC(C)N1CCCN(CC(=O)O)CC1. The van der Waals surface area contributed by atoms with Gasteiger partial charge < -0.3 is 5.11 Å². The minimum atomic E-state index is -0.716. The fraction of sp³-hybridized carbons (Fsp3) is 0.909. The first kappa shape index (κ1) is 12.5. The summed E-state index contributed by atoms with van der Waals surface area (Å²) in [5.41, 5.74) is 0. The van der Waals surface area contributed by atoms with Gasteiger partial charge in [0.25, 0.3) is 0 Å². The molecule has 15 heavy (non-hydrogen) atoms. The number of aliphatic carboxylic acids is 1. The molecular weight excluding hydrogens is 192 g/mol. The zero-order chi connectivity index (χ0) is 11.3. The molecular formula is C11H22N2O2. The quantitative estimate of drug-likeness (QED) is 0.754. The minimum Gasteiger partial charge on any atom is -0.480 e. The molecule has 0 aromatic heterocycles. The molecule has 4 nitrogen and oxygen atoms in total. The van der Waals surface area contributed by atoms with Crippen molar-refractivity contribution in [2.75, 3.05) is 32.7 Å². The number of rotatable bonds is 4. The van der Waals surface area contributed by atoms with Crippen molar-refractivity contribution in [3.63, 3.8) is 0 Å². The van der Waals surface area contributed by atoms with Gasteiger partial charge in [-0.25, -0.2) is 0 Å². The van der Waals surface area contributed by atoms with Gasteiger partial charge in [-0.05, 0) is 26.3 Å². The zero-order valence-corrected chi connectivity index (χ0v) is 9.78. The van der Waals surface area contributed by atoms with E-state index in [0.717, 1.165) is 32.6 Å². The van der Waals surface area contributed by atoms with Gasteiger partial charge in [0.15, 0.2) is 0 Å². The summed E-state index contributed by atoms with van der Waals surface area (Å²) in [6.45, 7) is 8.54. The minimum absolute atomic E-state index is 0.189. The Kier molecular flexibility index (Phi) is 5.05. The van der Waals surface area contributed by atoms with Crippen molar-refractivity contribution in [2.24, 2.45) is 0 Å². The highest BCUT2D eigenvalue weighted by molar-refractivity contribution is 5.69. The third-order valence-corrected chi connectivity index (χ3v) is 3.20. The number of nitrogens with zero attached hydrogens (tertiary/aromatic N) is 2. The van der Waals surface area contributed by atoms with E-state index in [1.807, 2.05) is 4.90 Å². The van der Waals surface area contributed by atoms with E-state index in [-0.39, 0.29) is 6.54 Å². The zero-order valence-electron chi connectivity index (χ0n) is 9.78. The van der Waals surface area contributed by atoms with Crippen LogP contribution in [0.5, 0.6) is 0 Å². The Morgan fingerprint density at radius 1 is 1.33 bits per heavy atom. The molecule has 0 spiro atoms. The van der Waals surface area contributed by atoms with E-state index in [1.165, 1.54) is 6.42 Å². The summed E-state index contributed by atoms with van der Waals surface area (Å²) in [6.07, 6.45) is 2.25. The number of carboxylic acids is 1. The first-order chi connectivity index (χ1) is 7.13. The highest BCUT2D eigenvalue weighted by atomic mass is 16.4. The molecule has 1 aliphatic heterocycles. The lowest BCUT2D eigenvalue weighted by Crippen LogP contribution is -2.37. The van der Waals surface area contributed by atoms with Crippen LogP contribution in [-0.2, 0) is 4.79 Å². The van der Waals surface area contributed by atoms with Crippen molar-refractivity contribution >= 4 is 5.97 Å². The average Bonchev–Trinajstić information content (AvgIpc) is 2.41. The smallest absolute Gasteiger partial charge is 0.317 e. The van der Waals surface area contributed by atoms with Gasteiger partial charge in [-0.15, -0.1) is 0 Å². The van der Waals surface area contributed by atoms with Crippen LogP contribution in [0, 0.1) is 0 Å². The molecule has 1 atom stereocenters. The fourth-order valence-electron chi connectivity index (χ4n) is 2.04. The largest absolute Gasteiger partial charge is 0.480 e. The van der Waals surface area contributed by atoms with Gasteiger partial charge in [-0.1, -0.05) is 6.92 Å². The van der Waals surface area contributed by atoms with Crippen molar-refractivity contribution in [3.05, 3.63) is 0 Å². The number of hydrogen-bond donors (Lipinski definition) is 1. The van der Waals surface area contributed by atoms with E-state index in [1.54, 1.807) is 0 Å². The number of carboxylic acid groups (broad SMARTS) is 1. The van der Waals surface area contributed by atoms with E-state index >= 15 is 0 Å². The van der Waals surface area contributed by atoms with E-state index in [2.05, 4.69) is 18.7 Å². The van der Waals surface area contributed by atoms with Crippen LogP contribution in [-0.4, -0.2) is 59.6 Å². The van der Waals surface area contributed by atoms with Crippen LogP contribution >= 0.6 is 0 Å². The topological polar surface area (TPSA) is 43.8 Å². The molecule has 88 valence electrons. The van der Waals surface area contributed by atoms with Crippen LogP contribution < -0.4 is 0 Å². The molecule has 0 aliphatic carbocycles. The maximum Gasteiger partial charge on any atom is 0.317 e. The Labute approximate surface area is 91.9 Å². The van der Waals surface area contributed by atoms with Gasteiger partial charge >= 0.3 is 5.97 Å². The molecule has 1 heterocycles. The van der Waals surface area contributed by atoms with Crippen LogP contribution in [0.2, 0.25) is 0 Å². The molecule has 0 saturated carbocycles. The van der Waals surface area contributed by atoms with Gasteiger partial charge in [0.2, 0.25) is 0 Å². The van der Waals surface area contributed by atoms with E-state index in [9.17, 15) is 4.79 Å². The Morgan fingerprint density at radius 3 is 2.67 bits per heavy atom. The Hall–Kier alpha value is -0.610. The van der Waals surface area contributed by atoms with Gasteiger partial charge in [0.1, 0.15) is 0 Å². The molecule has 1 aliphatic rings. The lowest BCUT2D eigenvalue weighted by atomic mass is 10.2. The van der Waals surface area contributed by atoms with E-state index in [0.29, 0.717) is 6.04 Å². The summed E-state index contributed by atoms with van der Waals surface area (Å²) < 4.78 is 0. The highest BCUT2D eigenvalue weighted by Gasteiger charge is 2.18. The van der Waals surface area contributed by atoms with Gasteiger partial charge in [-0.3, -0.25) is 14.6 Å². The van der Waals surface area contributed by atoms with Crippen LogP contribution in [0.3, 0.4) is 0 Å². The lowest BCUT2D eigenvalue weighted by Gasteiger charge is -2.26. The monoisotopic (exact) mass is 214 g/mol. The number of carbonyl (C=O) groups is 1. The predicted molar refractivity (Wildman–Crippen MR) is 60.0 cm³/mol. The summed E-state index contributed by atoms with van der Waals surface area (Å²) in [5.74, 6) is -0.716. The molecule has 1 N–H and O–H groups in total. The van der Waals surface area contributed by atoms with Crippen LogP contribution in [0.15, 0.2) is 0 Å². The molecule has 0 aromatic carbocycles. The second-order valence-corrected chi connectivity index (χ2v) is 4.32. The molecule has 0 aromatic rings. The Morgan fingerprint density at radius 2 is 2.07 bits per heavy atom. The first-order valence-corrected chi connectivity index (χ1v) is 5.81. The summed E-state index contributed by atoms with van der Waals surface area (Å²) >= 11 is 0. The number of hydrogen-bond acceptors (Lipinski definition) is 3. The Bertz CT molecular complexity index is 209. The third kappa shape index (κ3) is 4.18. The average molecular weight is 214 g/mol. The standard InChI is InChI=1S/C11H22N2O2/c1-3-10(2)13-6-4-5-12(7-8-13)9-11(14)15/h10H,3-9H2,1-2H3,(H,14,15). The maximum atomic E-state index is 10.6. The third-order valence-electron chi connectivity index (χ3n) is 3.20. The van der Waals surface area contributed by atoms with Crippen LogP contribution in [0.1, 0.15) is 26.7 Å². The highest BCUT2D eigenvalue weighted by Crippen LogP contribution is 2.08. The second kappa shape index (κ2) is 6.08. The lowest BCUT2D eigenvalue weighted by molar-refractivity contribution is -0.138. The van der Waals surface area contributed by atoms with Gasteiger partial charge in [-0.2, -0.15) is 0 Å². The van der Waals surface area contributed by atoms with Crippen molar-refractivity contribution < 1.29 is 9.90 Å². The van der Waals surface area contributed by atoms with Crippen LogP contribution in [0.4, 0.5) is 0 Å². The molecule has 1 saturated heterocycles. The first-order valence-electron chi connectivity index (χ1n) is 5.81. The van der Waals surface area contributed by atoms with Crippen molar-refractivity contribution in [3.8, 4) is 0 Å². The predicted octanol–water partition coefficient (Wildman–Crippen LogP) is 0.877.